The number of benzene rings is 1. The standard InChI is InChI=1S/C12H14N2O3/c1-8(15)13-6-7-14-11(16)9-4-2-3-5-10(9)12(14)17/h2-5,11,16H,6-7H2,1H3,(H,13,15)/t11-/m0/s1. The van der Waals surface area contributed by atoms with E-state index in [1.807, 2.05) is 0 Å². The van der Waals surface area contributed by atoms with Gasteiger partial charge in [0.15, 0.2) is 6.23 Å². The van der Waals surface area contributed by atoms with Gasteiger partial charge in [-0.1, -0.05) is 18.2 Å². The minimum Gasteiger partial charge on any atom is -0.369 e. The Labute approximate surface area is 99.0 Å². The molecule has 0 saturated carbocycles. The van der Waals surface area contributed by atoms with Gasteiger partial charge in [0.05, 0.1) is 0 Å². The normalized spacial score (nSPS) is 18.1. The maximum absolute atomic E-state index is 11.9. The second-order valence-electron chi connectivity index (χ2n) is 3.94. The van der Waals surface area contributed by atoms with Crippen molar-refractivity contribution in [1.82, 2.24) is 10.2 Å². The number of aliphatic hydroxyl groups is 1. The molecular weight excluding hydrogens is 220 g/mol. The number of hydrogen-bond donors (Lipinski definition) is 2. The van der Waals surface area contributed by atoms with Crippen molar-refractivity contribution >= 4 is 11.8 Å². The molecule has 2 rings (SSSR count). The number of aliphatic hydroxyl groups excluding tert-OH is 1. The third kappa shape index (κ3) is 2.14. The van der Waals surface area contributed by atoms with E-state index in [1.54, 1.807) is 24.3 Å². The van der Waals surface area contributed by atoms with Crippen molar-refractivity contribution in [3.8, 4) is 0 Å². The van der Waals surface area contributed by atoms with Gasteiger partial charge in [-0.05, 0) is 6.07 Å². The smallest absolute Gasteiger partial charge is 0.256 e. The maximum atomic E-state index is 11.9. The van der Waals surface area contributed by atoms with Gasteiger partial charge in [0, 0.05) is 31.1 Å². The number of hydrogen-bond acceptors (Lipinski definition) is 3. The molecule has 0 aromatic heterocycles. The molecule has 0 fully saturated rings. The van der Waals surface area contributed by atoms with Crippen LogP contribution in [0.3, 0.4) is 0 Å². The minimum absolute atomic E-state index is 0.149. The number of carbonyl (C=O) groups is 2. The predicted molar refractivity (Wildman–Crippen MR) is 61.1 cm³/mol. The highest BCUT2D eigenvalue weighted by Crippen LogP contribution is 2.30. The maximum Gasteiger partial charge on any atom is 0.256 e. The molecule has 0 aliphatic carbocycles. The number of nitrogens with one attached hydrogen (secondary N) is 1. The van der Waals surface area contributed by atoms with Gasteiger partial charge < -0.3 is 15.3 Å². The Bertz CT molecular complexity index is 459. The van der Waals surface area contributed by atoms with E-state index in [0.29, 0.717) is 24.2 Å². The first-order chi connectivity index (χ1) is 8.11. The van der Waals surface area contributed by atoms with Crippen molar-refractivity contribution in [2.24, 2.45) is 0 Å². The summed E-state index contributed by atoms with van der Waals surface area (Å²) in [6.45, 7) is 2.05. The third-order valence-electron chi connectivity index (χ3n) is 2.75. The van der Waals surface area contributed by atoms with Crippen molar-refractivity contribution in [3.05, 3.63) is 35.4 Å². The fourth-order valence-corrected chi connectivity index (χ4v) is 1.93. The zero-order valence-corrected chi connectivity index (χ0v) is 9.51. The molecule has 5 heteroatoms. The summed E-state index contributed by atoms with van der Waals surface area (Å²) in [6.07, 6.45) is -0.910. The van der Waals surface area contributed by atoms with E-state index in [1.165, 1.54) is 11.8 Å². The van der Waals surface area contributed by atoms with E-state index in [0.717, 1.165) is 0 Å². The van der Waals surface area contributed by atoms with E-state index >= 15 is 0 Å². The molecule has 17 heavy (non-hydrogen) atoms. The molecule has 0 bridgehead atoms. The lowest BCUT2D eigenvalue weighted by molar-refractivity contribution is -0.119. The first-order valence-corrected chi connectivity index (χ1v) is 5.43. The van der Waals surface area contributed by atoms with Gasteiger partial charge in [0.2, 0.25) is 5.91 Å². The topological polar surface area (TPSA) is 69.6 Å². The zero-order valence-electron chi connectivity index (χ0n) is 9.51. The second-order valence-corrected chi connectivity index (χ2v) is 3.94. The Morgan fingerprint density at radius 3 is 2.82 bits per heavy atom. The lowest BCUT2D eigenvalue weighted by atomic mass is 10.1. The van der Waals surface area contributed by atoms with E-state index < -0.39 is 6.23 Å². The molecule has 90 valence electrons. The lowest BCUT2D eigenvalue weighted by Crippen LogP contribution is -2.36. The summed E-state index contributed by atoms with van der Waals surface area (Å²) in [7, 11) is 0. The summed E-state index contributed by atoms with van der Waals surface area (Å²) >= 11 is 0. The average molecular weight is 234 g/mol. The fraction of sp³-hybridized carbons (Fsp3) is 0.333. The number of amides is 2. The number of rotatable bonds is 3. The largest absolute Gasteiger partial charge is 0.369 e. The Kier molecular flexibility index (Phi) is 3.10. The van der Waals surface area contributed by atoms with Crippen LogP contribution in [-0.4, -0.2) is 34.9 Å². The van der Waals surface area contributed by atoms with Gasteiger partial charge in [-0.25, -0.2) is 0 Å². The highest BCUT2D eigenvalue weighted by atomic mass is 16.3. The molecule has 1 atom stereocenters. The molecular formula is C12H14N2O3. The molecule has 1 aliphatic heterocycles. The molecule has 1 aromatic carbocycles. The fourth-order valence-electron chi connectivity index (χ4n) is 1.93. The Hall–Kier alpha value is -1.88. The van der Waals surface area contributed by atoms with Crippen LogP contribution < -0.4 is 5.32 Å². The number of fused-ring (bicyclic) bond motifs is 1. The summed E-state index contributed by atoms with van der Waals surface area (Å²) in [5.74, 6) is -0.345. The zero-order chi connectivity index (χ0) is 12.4. The van der Waals surface area contributed by atoms with Crippen LogP contribution in [0.5, 0.6) is 0 Å². The van der Waals surface area contributed by atoms with Crippen LogP contribution in [0.2, 0.25) is 0 Å². The minimum atomic E-state index is -0.910. The van der Waals surface area contributed by atoms with Gasteiger partial charge in [-0.15, -0.1) is 0 Å². The van der Waals surface area contributed by atoms with Crippen LogP contribution in [-0.2, 0) is 4.79 Å². The molecule has 2 amide bonds. The van der Waals surface area contributed by atoms with Crippen molar-refractivity contribution in [2.45, 2.75) is 13.2 Å². The summed E-state index contributed by atoms with van der Waals surface area (Å²) in [5, 5.41) is 12.6. The third-order valence-corrected chi connectivity index (χ3v) is 2.75. The first-order valence-electron chi connectivity index (χ1n) is 5.43. The van der Waals surface area contributed by atoms with Gasteiger partial charge in [0.1, 0.15) is 0 Å². The van der Waals surface area contributed by atoms with Crippen LogP contribution >= 0.6 is 0 Å². The van der Waals surface area contributed by atoms with E-state index in [2.05, 4.69) is 5.32 Å². The highest BCUT2D eigenvalue weighted by Gasteiger charge is 2.34. The van der Waals surface area contributed by atoms with Crippen LogP contribution in [0.25, 0.3) is 0 Å². The predicted octanol–water partition coefficient (Wildman–Crippen LogP) is 0.269. The highest BCUT2D eigenvalue weighted by molar-refractivity contribution is 5.98. The van der Waals surface area contributed by atoms with Crippen LogP contribution in [0.1, 0.15) is 29.1 Å². The van der Waals surface area contributed by atoms with Crippen molar-refractivity contribution in [3.63, 3.8) is 0 Å². The van der Waals surface area contributed by atoms with Crippen molar-refractivity contribution < 1.29 is 14.7 Å². The van der Waals surface area contributed by atoms with Crippen molar-refractivity contribution in [2.75, 3.05) is 13.1 Å². The summed E-state index contributed by atoms with van der Waals surface area (Å²) < 4.78 is 0. The molecule has 5 nitrogen and oxygen atoms in total. The van der Waals surface area contributed by atoms with Crippen molar-refractivity contribution in [1.29, 1.82) is 0 Å². The molecule has 0 unspecified atom stereocenters. The molecule has 0 radical (unpaired) electrons. The second kappa shape index (κ2) is 4.55. The van der Waals surface area contributed by atoms with Gasteiger partial charge in [-0.2, -0.15) is 0 Å². The van der Waals surface area contributed by atoms with Gasteiger partial charge in [0.25, 0.3) is 5.91 Å². The molecule has 1 heterocycles. The van der Waals surface area contributed by atoms with Crippen LogP contribution in [0, 0.1) is 0 Å². The van der Waals surface area contributed by atoms with E-state index in [-0.39, 0.29) is 11.8 Å². The van der Waals surface area contributed by atoms with E-state index in [4.69, 9.17) is 0 Å². The lowest BCUT2D eigenvalue weighted by Gasteiger charge is -2.20. The Morgan fingerprint density at radius 2 is 2.18 bits per heavy atom. The molecule has 1 aromatic rings. The van der Waals surface area contributed by atoms with Gasteiger partial charge >= 0.3 is 0 Å². The van der Waals surface area contributed by atoms with E-state index in [9.17, 15) is 14.7 Å². The Morgan fingerprint density at radius 1 is 1.47 bits per heavy atom. The molecule has 0 spiro atoms. The summed E-state index contributed by atoms with van der Waals surface area (Å²) in [5.41, 5.74) is 1.16. The summed E-state index contributed by atoms with van der Waals surface area (Å²) in [4.78, 5) is 24.0. The number of nitrogens with zero attached hydrogens (tertiary/aromatic N) is 1. The first kappa shape index (κ1) is 11.6. The molecule has 1 aliphatic rings. The molecule has 2 N–H and O–H groups in total. The monoisotopic (exact) mass is 234 g/mol. The number of carbonyl (C=O) groups excluding carboxylic acids is 2. The van der Waals surface area contributed by atoms with Crippen LogP contribution in [0.15, 0.2) is 24.3 Å². The average Bonchev–Trinajstić information content (AvgIpc) is 2.54. The molecule has 0 saturated heterocycles. The van der Waals surface area contributed by atoms with Gasteiger partial charge in [-0.3, -0.25) is 9.59 Å². The van der Waals surface area contributed by atoms with Crippen LogP contribution in [0.4, 0.5) is 0 Å². The quantitative estimate of drug-likeness (QED) is 0.788. The SMILES string of the molecule is CC(=O)NCCN1C(=O)c2ccccc2[C@@H]1O. The Balaban J connectivity index is 2.08. The summed E-state index contributed by atoms with van der Waals surface area (Å²) in [6, 6.07) is 6.98.